The van der Waals surface area contributed by atoms with E-state index in [2.05, 4.69) is 27.7 Å². The molecule has 22 atom stereocenters. The molecule has 4 aliphatic heterocycles. The van der Waals surface area contributed by atoms with Crippen LogP contribution in [0.1, 0.15) is 85.5 Å². The van der Waals surface area contributed by atoms with Gasteiger partial charge in [-0.3, -0.25) is 4.79 Å². The van der Waals surface area contributed by atoms with Crippen LogP contribution in [0, 0.1) is 52.3 Å². The Morgan fingerprint density at radius 3 is 2.17 bits per heavy atom. The van der Waals surface area contributed by atoms with Crippen molar-refractivity contribution in [2.45, 2.75) is 165 Å². The van der Waals surface area contributed by atoms with Crippen LogP contribution in [0.2, 0.25) is 0 Å². The molecular formula is C39H62O14. The lowest BCUT2D eigenvalue weighted by molar-refractivity contribution is -0.364. The SMILES string of the molecule is CC1CC[C@@]2(OC1)O[C@H]1C[C@H]3[C@@H]4CC[C@@H]5C[C@@H](O[C@@H]6O[C@H](CO)[C@H](O[C@@H]7O[C@H](CO)[C@@H](O)[C@H](O)[C@H]7O)[C@H](O)[C@H]6O)CC[C@]5(C)[C@H]4CC(=O)[C@]3(C)[C@H]1[C@@H]2C. The van der Waals surface area contributed by atoms with E-state index in [0.29, 0.717) is 48.9 Å². The summed E-state index contributed by atoms with van der Waals surface area (Å²) >= 11 is 0. The fourth-order valence-electron chi connectivity index (χ4n) is 12.9. The van der Waals surface area contributed by atoms with Gasteiger partial charge in [-0.05, 0) is 80.0 Å². The Hall–Kier alpha value is -0.850. The topological polar surface area (TPSA) is 214 Å². The van der Waals surface area contributed by atoms with Gasteiger partial charge in [-0.2, -0.15) is 0 Å². The number of aliphatic hydroxyl groups is 7. The number of carbonyl (C=O) groups excluding carboxylic acids is 1. The Balaban J connectivity index is 0.909. The molecule has 0 amide bonds. The molecule has 4 aliphatic carbocycles. The van der Waals surface area contributed by atoms with Crippen LogP contribution in [0.3, 0.4) is 0 Å². The van der Waals surface area contributed by atoms with Gasteiger partial charge in [0.25, 0.3) is 0 Å². The van der Waals surface area contributed by atoms with Crippen LogP contribution in [-0.4, -0.2) is 141 Å². The van der Waals surface area contributed by atoms with Crippen molar-refractivity contribution in [3.8, 4) is 0 Å². The second kappa shape index (κ2) is 14.2. The maximum Gasteiger partial charge on any atom is 0.187 e. The zero-order valence-electron chi connectivity index (χ0n) is 31.4. The third-order valence-electron chi connectivity index (χ3n) is 16.0. The van der Waals surface area contributed by atoms with Crippen molar-refractivity contribution >= 4 is 5.78 Å². The number of hydrogen-bond acceptors (Lipinski definition) is 14. The third kappa shape index (κ3) is 6.03. The highest BCUT2D eigenvalue weighted by atomic mass is 16.7. The Kier molecular flexibility index (Phi) is 10.5. The molecule has 7 N–H and O–H groups in total. The van der Waals surface area contributed by atoms with Crippen molar-refractivity contribution in [2.24, 2.45) is 52.3 Å². The predicted octanol–water partition coefficient (Wildman–Crippen LogP) is 0.621. The average molecular weight is 755 g/mol. The zero-order chi connectivity index (χ0) is 37.8. The minimum absolute atomic E-state index is 0.0443. The van der Waals surface area contributed by atoms with Gasteiger partial charge in [0, 0.05) is 30.1 Å². The number of Topliss-reactive ketones (excluding diaryl/α,β-unsaturated/α-hetero) is 1. The van der Waals surface area contributed by atoms with Crippen molar-refractivity contribution in [3.05, 3.63) is 0 Å². The lowest BCUT2D eigenvalue weighted by atomic mass is 9.44. The Morgan fingerprint density at radius 1 is 0.774 bits per heavy atom. The number of aliphatic hydroxyl groups excluding tert-OH is 7. The Morgan fingerprint density at radius 2 is 1.47 bits per heavy atom. The van der Waals surface area contributed by atoms with Gasteiger partial charge in [0.1, 0.15) is 54.6 Å². The minimum Gasteiger partial charge on any atom is -0.394 e. The number of ketones is 1. The highest BCUT2D eigenvalue weighted by molar-refractivity contribution is 5.87. The molecule has 8 aliphatic rings. The highest BCUT2D eigenvalue weighted by Gasteiger charge is 2.72. The molecule has 0 aromatic rings. The molecule has 0 aromatic carbocycles. The molecule has 302 valence electrons. The first-order valence-corrected chi connectivity index (χ1v) is 20.3. The molecule has 8 rings (SSSR count). The average Bonchev–Trinajstić information content (AvgIpc) is 3.59. The number of ether oxygens (including phenoxy) is 6. The van der Waals surface area contributed by atoms with Crippen molar-refractivity contribution in [1.29, 1.82) is 0 Å². The van der Waals surface area contributed by atoms with E-state index in [4.69, 9.17) is 28.4 Å². The summed E-state index contributed by atoms with van der Waals surface area (Å²) in [5.41, 5.74) is -0.453. The third-order valence-corrected chi connectivity index (χ3v) is 16.0. The molecule has 4 saturated carbocycles. The number of carbonyl (C=O) groups is 1. The van der Waals surface area contributed by atoms with Crippen molar-refractivity contribution in [2.75, 3.05) is 19.8 Å². The Bertz CT molecular complexity index is 1340. The van der Waals surface area contributed by atoms with Gasteiger partial charge >= 0.3 is 0 Å². The zero-order valence-corrected chi connectivity index (χ0v) is 31.4. The molecule has 53 heavy (non-hydrogen) atoms. The van der Waals surface area contributed by atoms with E-state index in [-0.39, 0.29) is 35.4 Å². The van der Waals surface area contributed by atoms with Gasteiger partial charge in [0.05, 0.1) is 32.0 Å². The summed E-state index contributed by atoms with van der Waals surface area (Å²) in [7, 11) is 0. The molecule has 4 saturated heterocycles. The molecule has 1 unspecified atom stereocenters. The van der Waals surface area contributed by atoms with Gasteiger partial charge in [-0.25, -0.2) is 0 Å². The number of hydrogen-bond donors (Lipinski definition) is 7. The normalized spacial score (nSPS) is 58.2. The second-order valence-corrected chi connectivity index (χ2v) is 18.6. The van der Waals surface area contributed by atoms with E-state index in [1.807, 2.05) is 0 Å². The molecule has 4 heterocycles. The molecule has 0 radical (unpaired) electrons. The van der Waals surface area contributed by atoms with E-state index >= 15 is 0 Å². The van der Waals surface area contributed by atoms with E-state index < -0.39 is 85.8 Å². The summed E-state index contributed by atoms with van der Waals surface area (Å²) in [4.78, 5) is 14.5. The summed E-state index contributed by atoms with van der Waals surface area (Å²) in [5.74, 6) is 2.02. The quantitative estimate of drug-likeness (QED) is 0.185. The molecule has 1 spiro atoms. The van der Waals surface area contributed by atoms with Gasteiger partial charge < -0.3 is 64.2 Å². The molecule has 14 nitrogen and oxygen atoms in total. The first-order chi connectivity index (χ1) is 25.2. The molecular weight excluding hydrogens is 692 g/mol. The smallest absolute Gasteiger partial charge is 0.187 e. The largest absolute Gasteiger partial charge is 0.394 e. The van der Waals surface area contributed by atoms with Gasteiger partial charge in [0.15, 0.2) is 18.4 Å². The van der Waals surface area contributed by atoms with E-state index in [0.717, 1.165) is 44.9 Å². The van der Waals surface area contributed by atoms with E-state index in [9.17, 15) is 40.5 Å². The molecule has 8 fully saturated rings. The van der Waals surface area contributed by atoms with Crippen molar-refractivity contribution in [1.82, 2.24) is 0 Å². The summed E-state index contributed by atoms with van der Waals surface area (Å²) in [6.07, 6.45) is -7.31. The lowest BCUT2D eigenvalue weighted by Gasteiger charge is -2.60. The number of rotatable bonds is 6. The van der Waals surface area contributed by atoms with Crippen molar-refractivity contribution in [3.63, 3.8) is 0 Å². The maximum absolute atomic E-state index is 14.5. The predicted molar refractivity (Wildman–Crippen MR) is 183 cm³/mol. The summed E-state index contributed by atoms with van der Waals surface area (Å²) in [5, 5.41) is 72.8. The first kappa shape index (κ1) is 39.0. The Labute approximate surface area is 311 Å². The monoisotopic (exact) mass is 754 g/mol. The van der Waals surface area contributed by atoms with Crippen LogP contribution in [0.4, 0.5) is 0 Å². The second-order valence-electron chi connectivity index (χ2n) is 18.6. The van der Waals surface area contributed by atoms with Crippen LogP contribution in [0.15, 0.2) is 0 Å². The van der Waals surface area contributed by atoms with Crippen LogP contribution in [0.25, 0.3) is 0 Å². The minimum atomic E-state index is -1.73. The fraction of sp³-hybridized carbons (Fsp3) is 0.974. The van der Waals surface area contributed by atoms with Crippen LogP contribution in [-0.2, 0) is 33.2 Å². The van der Waals surface area contributed by atoms with Gasteiger partial charge in [0.2, 0.25) is 0 Å². The highest BCUT2D eigenvalue weighted by Crippen LogP contribution is 2.70. The van der Waals surface area contributed by atoms with Crippen molar-refractivity contribution < 1.29 is 69.0 Å². The summed E-state index contributed by atoms with van der Waals surface area (Å²) in [6, 6.07) is 0. The maximum atomic E-state index is 14.5. The fourth-order valence-corrected chi connectivity index (χ4v) is 12.9. The summed E-state index contributed by atoms with van der Waals surface area (Å²) < 4.78 is 36.7. The molecule has 0 bridgehead atoms. The van der Waals surface area contributed by atoms with E-state index in [1.54, 1.807) is 0 Å². The number of fused-ring (bicyclic) bond motifs is 7. The van der Waals surface area contributed by atoms with Gasteiger partial charge in [-0.15, -0.1) is 0 Å². The molecule has 0 aromatic heterocycles. The molecule has 14 heteroatoms. The summed E-state index contributed by atoms with van der Waals surface area (Å²) in [6.45, 7) is 8.51. The van der Waals surface area contributed by atoms with Crippen LogP contribution >= 0.6 is 0 Å². The standard InChI is InChI=1S/C39H62O14/c1-17-7-10-39(48-16-17)18(2)28-24(53-39)12-23-21-6-5-19-11-20(8-9-37(19,3)22(21)13-27(42)38(23,28)4)49-35-33(47)31(45)34(26(15-41)51-35)52-36-32(46)30(44)29(43)25(14-40)50-36/h17-26,28-36,40-41,43-47H,5-16H2,1-4H3/t17?,18-,19+,20-,21+,22-,23-,24-,25+,26+,28-,29+,30-,31+,32+,33+,34-,35+,36-,37-,38+,39+/m0/s1. The first-order valence-electron chi connectivity index (χ1n) is 20.3. The van der Waals surface area contributed by atoms with E-state index in [1.165, 1.54) is 0 Å². The van der Waals surface area contributed by atoms with Gasteiger partial charge in [-0.1, -0.05) is 27.7 Å². The lowest BCUT2D eigenvalue weighted by Crippen LogP contribution is -2.65. The van der Waals surface area contributed by atoms with Crippen LogP contribution in [0.5, 0.6) is 0 Å². The van der Waals surface area contributed by atoms with Crippen LogP contribution < -0.4 is 0 Å².